The molecule has 2 rings (SSSR count). The summed E-state index contributed by atoms with van der Waals surface area (Å²) in [5, 5.41) is 11.8. The minimum Gasteiger partial charge on any atom is -0.396 e. The molecular formula is C30H54N4O2. The van der Waals surface area contributed by atoms with Crippen LogP contribution in [0.2, 0.25) is 0 Å². The molecule has 0 spiro atoms. The number of piperazine rings is 1. The maximum Gasteiger partial charge on any atom is 0.252 e. The quantitative estimate of drug-likeness (QED) is 0.196. The fourth-order valence-corrected chi connectivity index (χ4v) is 5.06. The molecule has 2 N–H and O–H groups in total. The van der Waals surface area contributed by atoms with Gasteiger partial charge in [-0.2, -0.15) is 0 Å². The number of hydrogen-bond donors (Lipinski definition) is 2. The van der Waals surface area contributed by atoms with E-state index >= 15 is 0 Å². The van der Waals surface area contributed by atoms with Crippen LogP contribution in [0.3, 0.4) is 0 Å². The molecule has 6 nitrogen and oxygen atoms in total. The van der Waals surface area contributed by atoms with Crippen molar-refractivity contribution in [2.45, 2.75) is 110 Å². The molecule has 0 unspecified atom stereocenters. The summed E-state index contributed by atoms with van der Waals surface area (Å²) in [6.07, 6.45) is 22.1. The largest absolute Gasteiger partial charge is 0.396 e. The second-order valence-corrected chi connectivity index (χ2v) is 10.5. The third-order valence-corrected chi connectivity index (χ3v) is 7.37. The Balaban J connectivity index is 1.40. The monoisotopic (exact) mass is 502 g/mol. The third-order valence-electron chi connectivity index (χ3n) is 7.37. The average Bonchev–Trinajstić information content (AvgIpc) is 2.91. The van der Waals surface area contributed by atoms with E-state index in [1.165, 1.54) is 96.4 Å². The Labute approximate surface area is 221 Å². The van der Waals surface area contributed by atoms with Crippen molar-refractivity contribution in [2.24, 2.45) is 0 Å². The molecule has 0 radical (unpaired) electrons. The Morgan fingerprint density at radius 2 is 1.33 bits per heavy atom. The average molecular weight is 503 g/mol. The second kappa shape index (κ2) is 20.4. The van der Waals surface area contributed by atoms with Gasteiger partial charge in [0.15, 0.2) is 0 Å². The lowest BCUT2D eigenvalue weighted by Gasteiger charge is -2.35. The molecule has 0 aromatic carbocycles. The summed E-state index contributed by atoms with van der Waals surface area (Å²) in [4.78, 5) is 21.8. The number of carbonyl (C=O) groups excluding carboxylic acids is 1. The van der Waals surface area contributed by atoms with Crippen LogP contribution >= 0.6 is 0 Å². The molecule has 0 atom stereocenters. The van der Waals surface area contributed by atoms with Crippen molar-refractivity contribution in [2.75, 3.05) is 50.8 Å². The molecule has 2 heterocycles. The Morgan fingerprint density at radius 3 is 1.81 bits per heavy atom. The van der Waals surface area contributed by atoms with E-state index in [1.807, 2.05) is 12.1 Å². The third kappa shape index (κ3) is 13.6. The summed E-state index contributed by atoms with van der Waals surface area (Å²) in [5.74, 6) is 0.972. The lowest BCUT2D eigenvalue weighted by molar-refractivity contribution is 0.0952. The highest BCUT2D eigenvalue weighted by atomic mass is 16.2. The van der Waals surface area contributed by atoms with E-state index in [-0.39, 0.29) is 5.91 Å². The zero-order valence-corrected chi connectivity index (χ0v) is 23.2. The molecule has 0 bridgehead atoms. The predicted molar refractivity (Wildman–Crippen MR) is 152 cm³/mol. The van der Waals surface area contributed by atoms with E-state index in [1.54, 1.807) is 6.20 Å². The summed E-state index contributed by atoms with van der Waals surface area (Å²) in [5.41, 5.74) is 0.657. The topological polar surface area (TPSA) is 68.7 Å². The van der Waals surface area contributed by atoms with Gasteiger partial charge < -0.3 is 15.3 Å². The number of rotatable bonds is 21. The van der Waals surface area contributed by atoms with Crippen LogP contribution in [0.25, 0.3) is 0 Å². The normalized spacial score (nSPS) is 14.3. The lowest BCUT2D eigenvalue weighted by Crippen LogP contribution is -2.46. The van der Waals surface area contributed by atoms with Crippen LogP contribution in [0.5, 0.6) is 0 Å². The van der Waals surface area contributed by atoms with Gasteiger partial charge in [0.1, 0.15) is 5.82 Å². The molecule has 1 fully saturated rings. The van der Waals surface area contributed by atoms with E-state index in [0.29, 0.717) is 12.2 Å². The first-order chi connectivity index (χ1) is 17.7. The van der Waals surface area contributed by atoms with Gasteiger partial charge >= 0.3 is 0 Å². The number of pyridine rings is 1. The van der Waals surface area contributed by atoms with Gasteiger partial charge in [-0.05, 0) is 37.9 Å². The van der Waals surface area contributed by atoms with Gasteiger partial charge in [0.05, 0.1) is 5.56 Å². The van der Waals surface area contributed by atoms with E-state index in [4.69, 9.17) is 5.11 Å². The summed E-state index contributed by atoms with van der Waals surface area (Å²) in [7, 11) is 0. The highest BCUT2D eigenvalue weighted by Crippen LogP contribution is 2.15. The first kappa shape index (κ1) is 30.6. The van der Waals surface area contributed by atoms with Crippen molar-refractivity contribution in [3.63, 3.8) is 0 Å². The number of aliphatic hydroxyl groups is 1. The van der Waals surface area contributed by atoms with Crippen molar-refractivity contribution in [1.82, 2.24) is 15.2 Å². The maximum absolute atomic E-state index is 12.4. The van der Waals surface area contributed by atoms with Gasteiger partial charge in [0.2, 0.25) is 0 Å². The van der Waals surface area contributed by atoms with E-state index in [0.717, 1.165) is 51.4 Å². The molecule has 1 aliphatic rings. The van der Waals surface area contributed by atoms with Crippen LogP contribution in [-0.4, -0.2) is 66.8 Å². The number of hydrogen-bond acceptors (Lipinski definition) is 5. The number of aliphatic hydroxyl groups excluding tert-OH is 1. The van der Waals surface area contributed by atoms with Gasteiger partial charge in [0.25, 0.3) is 5.91 Å². The van der Waals surface area contributed by atoms with Crippen LogP contribution in [0.4, 0.5) is 5.82 Å². The van der Waals surface area contributed by atoms with Crippen LogP contribution in [0.15, 0.2) is 18.3 Å². The fourth-order valence-electron chi connectivity index (χ4n) is 5.06. The molecule has 0 saturated carbocycles. The minimum absolute atomic E-state index is 0.00743. The van der Waals surface area contributed by atoms with Crippen molar-refractivity contribution in [3.05, 3.63) is 23.9 Å². The first-order valence-corrected chi connectivity index (χ1v) is 15.1. The molecule has 206 valence electrons. The van der Waals surface area contributed by atoms with Crippen LogP contribution in [-0.2, 0) is 0 Å². The standard InChI is InChI=1S/C30H54N4O2/c1-2-21-33-22-24-34(25-23-33)29-19-18-28(27-32-29)30(36)31-20-16-14-12-10-8-6-4-3-5-7-9-11-13-15-17-26-35/h18-19,27,35H,2-17,20-26H2,1H3,(H,31,36). The second-order valence-electron chi connectivity index (χ2n) is 10.5. The maximum atomic E-state index is 12.4. The fraction of sp³-hybridized carbons (Fsp3) is 0.800. The first-order valence-electron chi connectivity index (χ1n) is 15.1. The summed E-state index contributed by atoms with van der Waals surface area (Å²) in [6.45, 7) is 8.69. The number of unbranched alkanes of at least 4 members (excludes halogenated alkanes) is 14. The van der Waals surface area contributed by atoms with E-state index in [9.17, 15) is 4.79 Å². The van der Waals surface area contributed by atoms with Crippen LogP contribution in [0, 0.1) is 0 Å². The summed E-state index contributed by atoms with van der Waals surface area (Å²) in [6, 6.07) is 3.90. The van der Waals surface area contributed by atoms with E-state index < -0.39 is 0 Å². The van der Waals surface area contributed by atoms with Crippen molar-refractivity contribution in [3.8, 4) is 0 Å². The van der Waals surface area contributed by atoms with Crippen molar-refractivity contribution < 1.29 is 9.90 Å². The summed E-state index contributed by atoms with van der Waals surface area (Å²) >= 11 is 0. The molecule has 1 aliphatic heterocycles. The SMILES string of the molecule is CCCN1CCN(c2ccc(C(=O)NCCCCCCCCCCCCCCCCCO)cn2)CC1. The van der Waals surface area contributed by atoms with Gasteiger partial charge in [0, 0.05) is 45.5 Å². The molecule has 36 heavy (non-hydrogen) atoms. The highest BCUT2D eigenvalue weighted by Gasteiger charge is 2.17. The predicted octanol–water partition coefficient (Wildman–Crippen LogP) is 6.19. The Morgan fingerprint density at radius 1 is 0.806 bits per heavy atom. The van der Waals surface area contributed by atoms with Crippen LogP contribution < -0.4 is 10.2 Å². The Hall–Kier alpha value is -1.66. The smallest absolute Gasteiger partial charge is 0.252 e. The molecule has 6 heteroatoms. The Kier molecular flexibility index (Phi) is 17.3. The number of nitrogens with zero attached hydrogens (tertiary/aromatic N) is 3. The number of nitrogens with one attached hydrogen (secondary N) is 1. The molecule has 1 saturated heterocycles. The zero-order chi connectivity index (χ0) is 25.7. The zero-order valence-electron chi connectivity index (χ0n) is 23.2. The van der Waals surface area contributed by atoms with Crippen molar-refractivity contribution in [1.29, 1.82) is 0 Å². The molecule has 1 aromatic rings. The van der Waals surface area contributed by atoms with Crippen molar-refractivity contribution >= 4 is 11.7 Å². The number of carbonyl (C=O) groups is 1. The highest BCUT2D eigenvalue weighted by molar-refractivity contribution is 5.94. The molecule has 0 aliphatic carbocycles. The summed E-state index contributed by atoms with van der Waals surface area (Å²) < 4.78 is 0. The van der Waals surface area contributed by atoms with Gasteiger partial charge in [-0.15, -0.1) is 0 Å². The number of amides is 1. The van der Waals surface area contributed by atoms with Gasteiger partial charge in [-0.3, -0.25) is 9.69 Å². The lowest BCUT2D eigenvalue weighted by atomic mass is 10.0. The van der Waals surface area contributed by atoms with Crippen LogP contribution in [0.1, 0.15) is 120 Å². The molecular weight excluding hydrogens is 448 g/mol. The molecule has 1 amide bonds. The minimum atomic E-state index is -0.00743. The van der Waals surface area contributed by atoms with Gasteiger partial charge in [-0.1, -0.05) is 90.4 Å². The number of anilines is 1. The Bertz CT molecular complexity index is 659. The van der Waals surface area contributed by atoms with Gasteiger partial charge in [-0.25, -0.2) is 4.98 Å². The molecule has 1 aromatic heterocycles. The number of aromatic nitrogens is 1. The van der Waals surface area contributed by atoms with E-state index in [2.05, 4.69) is 27.0 Å².